The molecule has 35 heavy (non-hydrogen) atoms. The number of benzene rings is 3. The van der Waals surface area contributed by atoms with Gasteiger partial charge in [-0.25, -0.2) is 0 Å². The molecule has 2 heterocycles. The topological polar surface area (TPSA) is 111 Å². The molecule has 4 aromatic rings. The zero-order valence-electron chi connectivity index (χ0n) is 19.3. The van der Waals surface area contributed by atoms with Crippen LogP contribution in [0.4, 0.5) is 5.69 Å². The van der Waals surface area contributed by atoms with Gasteiger partial charge in [-0.1, -0.05) is 35.9 Å². The summed E-state index contributed by atoms with van der Waals surface area (Å²) >= 11 is 0. The van der Waals surface area contributed by atoms with Crippen LogP contribution in [-0.2, 0) is 6.54 Å². The third-order valence-corrected chi connectivity index (χ3v) is 6.25. The van der Waals surface area contributed by atoms with Crippen molar-refractivity contribution >= 4 is 34.5 Å². The maximum atomic E-state index is 13.2. The molecule has 0 saturated carbocycles. The van der Waals surface area contributed by atoms with E-state index in [1.54, 1.807) is 12.1 Å². The van der Waals surface area contributed by atoms with Crippen molar-refractivity contribution < 1.29 is 14.5 Å². The number of nitro benzene ring substituents is 1. The number of non-ortho nitro benzene ring substituents is 1. The Kier molecular flexibility index (Phi) is 5.24. The fraction of sp³-hybridized carbons (Fsp3) is 0.154. The van der Waals surface area contributed by atoms with Crippen LogP contribution in [0.1, 0.15) is 48.8 Å². The minimum atomic E-state index is -0.632. The summed E-state index contributed by atoms with van der Waals surface area (Å²) in [6.07, 6.45) is 1.47. The quantitative estimate of drug-likeness (QED) is 0.185. The lowest BCUT2D eigenvalue weighted by atomic mass is 9.94. The van der Waals surface area contributed by atoms with Crippen LogP contribution in [0.5, 0.6) is 0 Å². The third-order valence-electron chi connectivity index (χ3n) is 6.25. The first-order valence-corrected chi connectivity index (χ1v) is 11.0. The molecule has 5 rings (SSSR count). The number of nitrogens with zero attached hydrogens (tertiary/aromatic N) is 5. The normalized spacial score (nSPS) is 13.3. The lowest BCUT2D eigenvalue weighted by Crippen LogP contribution is -2.36. The van der Waals surface area contributed by atoms with Gasteiger partial charge in [0.25, 0.3) is 17.5 Å². The van der Waals surface area contributed by atoms with Crippen LogP contribution < -0.4 is 0 Å². The van der Waals surface area contributed by atoms with Crippen molar-refractivity contribution in [1.29, 1.82) is 0 Å². The van der Waals surface area contributed by atoms with Gasteiger partial charge in [-0.15, -0.1) is 0 Å². The molecule has 0 radical (unpaired) electrons. The van der Waals surface area contributed by atoms with Gasteiger partial charge in [-0.05, 0) is 44.5 Å². The van der Waals surface area contributed by atoms with Crippen molar-refractivity contribution in [2.75, 3.05) is 0 Å². The first-order valence-electron chi connectivity index (χ1n) is 11.0. The number of carbonyl (C=O) groups excluding carboxylic acids is 2. The number of imide groups is 1. The van der Waals surface area contributed by atoms with Crippen LogP contribution in [0.3, 0.4) is 0 Å². The van der Waals surface area contributed by atoms with Gasteiger partial charge in [-0.3, -0.25) is 24.4 Å². The molecule has 0 bridgehead atoms. The number of hydrazone groups is 1. The molecule has 174 valence electrons. The molecule has 1 aromatic heterocycles. The predicted octanol–water partition coefficient (Wildman–Crippen LogP) is 4.55. The number of aromatic nitrogens is 2. The van der Waals surface area contributed by atoms with Crippen LogP contribution in [-0.4, -0.2) is 37.7 Å². The molecule has 0 saturated heterocycles. The largest absolute Gasteiger partial charge is 0.282 e. The summed E-state index contributed by atoms with van der Waals surface area (Å²) in [5, 5.41) is 21.6. The second kappa shape index (κ2) is 8.28. The van der Waals surface area contributed by atoms with Gasteiger partial charge in [0.15, 0.2) is 0 Å². The average molecular weight is 467 g/mol. The third kappa shape index (κ3) is 3.67. The van der Waals surface area contributed by atoms with Crippen molar-refractivity contribution in [1.82, 2.24) is 14.8 Å². The number of carbonyl (C=O) groups is 2. The highest BCUT2D eigenvalue weighted by Crippen LogP contribution is 2.35. The zero-order valence-corrected chi connectivity index (χ0v) is 19.3. The summed E-state index contributed by atoms with van der Waals surface area (Å²) < 4.78 is 1.86. The van der Waals surface area contributed by atoms with E-state index in [1.807, 2.05) is 49.7 Å². The van der Waals surface area contributed by atoms with Crippen LogP contribution in [0.25, 0.3) is 10.8 Å². The minimum absolute atomic E-state index is 0.157. The van der Waals surface area contributed by atoms with Gasteiger partial charge >= 0.3 is 0 Å². The van der Waals surface area contributed by atoms with E-state index in [0.717, 1.165) is 16.3 Å². The molecule has 0 unspecified atom stereocenters. The fourth-order valence-corrected chi connectivity index (χ4v) is 4.37. The summed E-state index contributed by atoms with van der Waals surface area (Å²) in [5.74, 6) is -1.26. The highest BCUT2D eigenvalue weighted by atomic mass is 16.6. The molecular weight excluding hydrogens is 446 g/mol. The Hall–Kier alpha value is -4.66. The molecule has 9 nitrogen and oxygen atoms in total. The van der Waals surface area contributed by atoms with E-state index < -0.39 is 16.7 Å². The molecule has 0 aliphatic carbocycles. The monoisotopic (exact) mass is 467 g/mol. The molecule has 3 aromatic carbocycles. The maximum absolute atomic E-state index is 13.2. The summed E-state index contributed by atoms with van der Waals surface area (Å²) in [5.41, 5.74) is 4.79. The molecule has 0 spiro atoms. The van der Waals surface area contributed by atoms with Gasteiger partial charge in [0.1, 0.15) is 0 Å². The van der Waals surface area contributed by atoms with Gasteiger partial charge in [-0.2, -0.15) is 15.2 Å². The number of nitro groups is 1. The first-order chi connectivity index (χ1) is 16.8. The van der Waals surface area contributed by atoms with E-state index in [4.69, 9.17) is 0 Å². The lowest BCUT2D eigenvalue weighted by Gasteiger charge is -2.23. The molecule has 9 heteroatoms. The molecule has 1 aliphatic heterocycles. The molecule has 0 fully saturated rings. The molecule has 1 aliphatic rings. The fourth-order valence-electron chi connectivity index (χ4n) is 4.37. The summed E-state index contributed by atoms with van der Waals surface area (Å²) in [7, 11) is 0. The zero-order chi connectivity index (χ0) is 24.9. The standard InChI is InChI=1S/C26H21N5O4/c1-15-7-9-18(10-8-15)14-29-17(3)22(16(2)28-29)13-27-30-25(32)20-6-4-5-19-23(31(34)35)12-11-21(24(19)20)26(30)33/h4-13H,14H2,1-3H3/b27-13-. The van der Waals surface area contributed by atoms with Crippen molar-refractivity contribution in [3.63, 3.8) is 0 Å². The van der Waals surface area contributed by atoms with E-state index in [1.165, 1.54) is 30.0 Å². The van der Waals surface area contributed by atoms with Crippen LogP contribution in [0, 0.1) is 30.9 Å². The molecule has 0 atom stereocenters. The van der Waals surface area contributed by atoms with E-state index in [-0.39, 0.29) is 27.6 Å². The number of aryl methyl sites for hydroxylation is 2. The number of hydrogen-bond acceptors (Lipinski definition) is 6. The maximum Gasteiger partial charge on any atom is 0.282 e. The average Bonchev–Trinajstić information content (AvgIpc) is 3.10. The van der Waals surface area contributed by atoms with Gasteiger partial charge in [0, 0.05) is 22.7 Å². The SMILES string of the molecule is Cc1ccc(Cn2nc(C)c(/C=N\N3C(=O)c4cccc5c([N+](=O)[O-])ccc(c45)C3=O)c2C)cc1. The van der Waals surface area contributed by atoms with Crippen molar-refractivity contribution in [3.05, 3.63) is 104 Å². The second-order valence-corrected chi connectivity index (χ2v) is 8.51. The van der Waals surface area contributed by atoms with Gasteiger partial charge < -0.3 is 0 Å². The Bertz CT molecular complexity index is 1540. The Balaban J connectivity index is 1.49. The minimum Gasteiger partial charge on any atom is -0.267 e. The van der Waals surface area contributed by atoms with Crippen LogP contribution >= 0.6 is 0 Å². The van der Waals surface area contributed by atoms with Crippen molar-refractivity contribution in [2.45, 2.75) is 27.3 Å². The lowest BCUT2D eigenvalue weighted by molar-refractivity contribution is -0.383. The van der Waals surface area contributed by atoms with Crippen LogP contribution in [0.2, 0.25) is 0 Å². The Labute approximate surface area is 200 Å². The highest BCUT2D eigenvalue weighted by Gasteiger charge is 2.34. The second-order valence-electron chi connectivity index (χ2n) is 8.51. The Morgan fingerprint density at radius 1 is 0.971 bits per heavy atom. The molecule has 0 N–H and O–H groups in total. The number of hydrogen-bond donors (Lipinski definition) is 0. The van der Waals surface area contributed by atoms with E-state index >= 15 is 0 Å². The van der Waals surface area contributed by atoms with Crippen LogP contribution in [0.15, 0.2) is 59.7 Å². The van der Waals surface area contributed by atoms with Gasteiger partial charge in [0.2, 0.25) is 0 Å². The molecule has 2 amide bonds. The number of rotatable bonds is 5. The summed E-state index contributed by atoms with van der Waals surface area (Å²) in [4.78, 5) is 37.2. The Morgan fingerprint density at radius 2 is 1.66 bits per heavy atom. The predicted molar refractivity (Wildman–Crippen MR) is 131 cm³/mol. The summed E-state index contributed by atoms with van der Waals surface area (Å²) in [6, 6.07) is 15.5. The van der Waals surface area contributed by atoms with Crippen molar-refractivity contribution in [2.24, 2.45) is 5.10 Å². The van der Waals surface area contributed by atoms with Crippen molar-refractivity contribution in [3.8, 4) is 0 Å². The van der Waals surface area contributed by atoms with Gasteiger partial charge in [0.05, 0.1) is 39.9 Å². The van der Waals surface area contributed by atoms with E-state index in [9.17, 15) is 19.7 Å². The van der Waals surface area contributed by atoms with E-state index in [2.05, 4.69) is 10.2 Å². The molecular formula is C26H21N5O4. The highest BCUT2D eigenvalue weighted by molar-refractivity contribution is 6.26. The van der Waals surface area contributed by atoms with E-state index in [0.29, 0.717) is 17.8 Å². The smallest absolute Gasteiger partial charge is 0.267 e. The first kappa shape index (κ1) is 22.1. The number of amides is 2. The summed E-state index contributed by atoms with van der Waals surface area (Å²) in [6.45, 7) is 6.36. The Morgan fingerprint density at radius 3 is 2.34 bits per heavy atom.